The predicted octanol–water partition coefficient (Wildman–Crippen LogP) is 12.5. The zero-order chi connectivity index (χ0) is 36.8. The fourth-order valence-electron chi connectivity index (χ4n) is 10.5. The average Bonchev–Trinajstić information content (AvgIpc) is 3.85. The van der Waals surface area contributed by atoms with Crippen molar-refractivity contribution in [1.29, 1.82) is 0 Å². The molecular formula is C51H45N3S. The third-order valence-electron chi connectivity index (χ3n) is 13.1. The van der Waals surface area contributed by atoms with Crippen LogP contribution in [0.4, 0.5) is 0 Å². The second kappa shape index (κ2) is 12.6. The normalized spacial score (nSPS) is 22.3. The SMILES string of the molecule is CC1=C(c2ccccc2CC2N=C(c3ccc4sc5ccccc5c4c3)NC(c3cccc4c3C3=C(CCC=C3)C4)=N2)CC2C3=CCCC=C3C(C)(C)C2=C1. The van der Waals surface area contributed by atoms with Crippen molar-refractivity contribution in [2.24, 2.45) is 21.3 Å². The van der Waals surface area contributed by atoms with Crippen molar-refractivity contribution in [1.82, 2.24) is 5.32 Å². The van der Waals surface area contributed by atoms with Gasteiger partial charge in [-0.2, -0.15) is 0 Å². The minimum atomic E-state index is -0.272. The lowest BCUT2D eigenvalue weighted by Crippen LogP contribution is -2.38. The molecule has 2 atom stereocenters. The molecule has 4 aromatic carbocycles. The zero-order valence-corrected chi connectivity index (χ0v) is 32.7. The smallest absolute Gasteiger partial charge is 0.148 e. The summed E-state index contributed by atoms with van der Waals surface area (Å²) >= 11 is 1.86. The van der Waals surface area contributed by atoms with Crippen molar-refractivity contribution in [3.05, 3.63) is 177 Å². The van der Waals surface area contributed by atoms with E-state index in [1.165, 1.54) is 64.7 Å². The van der Waals surface area contributed by atoms with Crippen molar-refractivity contribution in [2.75, 3.05) is 0 Å². The molecule has 1 aliphatic heterocycles. The fraction of sp³-hybridized carbons (Fsp3) is 0.255. The molecule has 55 heavy (non-hydrogen) atoms. The van der Waals surface area contributed by atoms with E-state index in [4.69, 9.17) is 9.98 Å². The highest BCUT2D eigenvalue weighted by molar-refractivity contribution is 7.25. The highest BCUT2D eigenvalue weighted by Crippen LogP contribution is 2.59. The quantitative estimate of drug-likeness (QED) is 0.192. The van der Waals surface area contributed by atoms with E-state index in [9.17, 15) is 0 Å². The third-order valence-corrected chi connectivity index (χ3v) is 14.3. The van der Waals surface area contributed by atoms with E-state index in [1.54, 1.807) is 22.3 Å². The first kappa shape index (κ1) is 33.1. The first-order valence-electron chi connectivity index (χ1n) is 20.2. The molecule has 5 aliphatic carbocycles. The van der Waals surface area contributed by atoms with Crippen LogP contribution in [-0.4, -0.2) is 17.8 Å². The Bertz CT molecular complexity index is 2750. The van der Waals surface area contributed by atoms with Gasteiger partial charge in [-0.15, -0.1) is 11.3 Å². The van der Waals surface area contributed by atoms with E-state index in [2.05, 4.69) is 141 Å². The van der Waals surface area contributed by atoms with Gasteiger partial charge < -0.3 is 5.32 Å². The number of allylic oxidation sites excluding steroid dienone is 12. The number of fused-ring (bicyclic) bond motifs is 8. The molecule has 0 radical (unpaired) electrons. The van der Waals surface area contributed by atoms with Crippen LogP contribution in [0.1, 0.15) is 86.3 Å². The number of amidine groups is 2. The number of hydrogen-bond acceptors (Lipinski definition) is 4. The van der Waals surface area contributed by atoms with Gasteiger partial charge in [-0.1, -0.05) is 116 Å². The van der Waals surface area contributed by atoms with Crippen molar-refractivity contribution >= 4 is 54.3 Å². The molecular weight excluding hydrogens is 687 g/mol. The largest absolute Gasteiger partial charge is 0.324 e. The van der Waals surface area contributed by atoms with Gasteiger partial charge in [-0.25, -0.2) is 9.98 Å². The van der Waals surface area contributed by atoms with Crippen LogP contribution >= 0.6 is 11.3 Å². The molecule has 5 aromatic rings. The minimum absolute atomic E-state index is 0.0920. The Labute approximate surface area is 328 Å². The van der Waals surface area contributed by atoms with E-state index in [1.807, 2.05) is 11.3 Å². The highest BCUT2D eigenvalue weighted by atomic mass is 32.1. The molecule has 3 nitrogen and oxygen atoms in total. The summed E-state index contributed by atoms with van der Waals surface area (Å²) < 4.78 is 2.62. The first-order chi connectivity index (χ1) is 26.9. The van der Waals surface area contributed by atoms with E-state index < -0.39 is 0 Å². The maximum atomic E-state index is 5.50. The van der Waals surface area contributed by atoms with Crippen LogP contribution in [0.5, 0.6) is 0 Å². The molecule has 4 heteroatoms. The number of thiophene rings is 1. The standard InChI is InChI=1S/C51H45N3S/c1-30-25-44-41(37-18-8-10-21-43(37)51(44,2)3)29-40(30)35-16-6-4-14-32(35)28-47-52-49(34-23-24-46-42(27-34)38-19-9-11-22-45(38)55-46)54-50(53-47)39-20-12-15-33-26-31-13-5-7-17-36(31)48(33)39/h4,6-7,9,11-12,14-25,27,41,47H,5,8,10,13,26,28-29H2,1-3H3,(H,52,53,54). The fourth-order valence-corrected chi connectivity index (χ4v) is 11.6. The summed E-state index contributed by atoms with van der Waals surface area (Å²) in [5, 5.41) is 6.39. The number of nitrogens with one attached hydrogen (secondary N) is 1. The summed E-state index contributed by atoms with van der Waals surface area (Å²) in [5.74, 6) is 2.27. The number of benzene rings is 4. The topological polar surface area (TPSA) is 36.8 Å². The average molecular weight is 732 g/mol. The highest BCUT2D eigenvalue weighted by Gasteiger charge is 2.46. The summed E-state index contributed by atoms with van der Waals surface area (Å²) in [6.45, 7) is 7.19. The van der Waals surface area contributed by atoms with Crippen molar-refractivity contribution in [3.8, 4) is 0 Å². The number of aliphatic imine (C=N–C) groups is 2. The van der Waals surface area contributed by atoms with Gasteiger partial charge in [0.15, 0.2) is 0 Å². The number of rotatable bonds is 5. The van der Waals surface area contributed by atoms with Crippen LogP contribution in [0.15, 0.2) is 153 Å². The molecule has 0 bridgehead atoms. The molecule has 0 amide bonds. The lowest BCUT2D eigenvalue weighted by atomic mass is 9.75. The Morgan fingerprint density at radius 1 is 0.818 bits per heavy atom. The van der Waals surface area contributed by atoms with Gasteiger partial charge in [0.25, 0.3) is 0 Å². The second-order valence-corrected chi connectivity index (χ2v) is 17.8. The first-order valence-corrected chi connectivity index (χ1v) is 21.0. The molecule has 0 spiro atoms. The van der Waals surface area contributed by atoms with E-state index >= 15 is 0 Å². The molecule has 1 N–H and O–H groups in total. The molecule has 11 rings (SSSR count). The van der Waals surface area contributed by atoms with Gasteiger partial charge in [0, 0.05) is 49.1 Å². The molecule has 1 fully saturated rings. The van der Waals surface area contributed by atoms with Gasteiger partial charge >= 0.3 is 0 Å². The van der Waals surface area contributed by atoms with Crippen molar-refractivity contribution < 1.29 is 0 Å². The molecule has 1 aromatic heterocycles. The molecule has 6 aliphatic rings. The van der Waals surface area contributed by atoms with Crippen LogP contribution in [0.2, 0.25) is 0 Å². The third kappa shape index (κ3) is 5.28. The summed E-state index contributed by atoms with van der Waals surface area (Å²) in [4.78, 5) is 11.0. The molecule has 1 saturated carbocycles. The van der Waals surface area contributed by atoms with E-state index in [0.29, 0.717) is 5.92 Å². The van der Waals surface area contributed by atoms with Gasteiger partial charge in [0.1, 0.15) is 17.8 Å². The lowest BCUT2D eigenvalue weighted by molar-refractivity contribution is 0.543. The van der Waals surface area contributed by atoms with Crippen LogP contribution in [0, 0.1) is 11.3 Å². The predicted molar refractivity (Wildman–Crippen MR) is 233 cm³/mol. The van der Waals surface area contributed by atoms with Crippen LogP contribution in [0.25, 0.3) is 31.3 Å². The van der Waals surface area contributed by atoms with Crippen molar-refractivity contribution in [2.45, 2.75) is 71.9 Å². The molecule has 270 valence electrons. The maximum absolute atomic E-state index is 5.50. The zero-order valence-electron chi connectivity index (χ0n) is 31.9. The van der Waals surface area contributed by atoms with Crippen LogP contribution < -0.4 is 5.32 Å². The number of hydrogen-bond donors (Lipinski definition) is 1. The second-order valence-electron chi connectivity index (χ2n) is 16.7. The van der Waals surface area contributed by atoms with E-state index in [-0.39, 0.29) is 11.6 Å². The molecule has 2 unspecified atom stereocenters. The summed E-state index contributed by atoms with van der Waals surface area (Å²) in [5.41, 5.74) is 18.3. The maximum Gasteiger partial charge on any atom is 0.148 e. The lowest BCUT2D eigenvalue weighted by Gasteiger charge is -2.29. The number of nitrogens with zero attached hydrogens (tertiary/aromatic N) is 2. The Balaban J connectivity index is 1.01. The minimum Gasteiger partial charge on any atom is -0.324 e. The summed E-state index contributed by atoms with van der Waals surface area (Å²) in [6.07, 6.45) is 19.4. The molecule has 2 heterocycles. The van der Waals surface area contributed by atoms with Crippen molar-refractivity contribution in [3.63, 3.8) is 0 Å². The van der Waals surface area contributed by atoms with Gasteiger partial charge in [-0.05, 0) is 120 Å². The van der Waals surface area contributed by atoms with Gasteiger partial charge in [0.05, 0.1) is 0 Å². The summed E-state index contributed by atoms with van der Waals surface area (Å²) in [7, 11) is 0. The van der Waals surface area contributed by atoms with Crippen LogP contribution in [-0.2, 0) is 12.8 Å². The Hall–Kier alpha value is -5.32. The monoisotopic (exact) mass is 731 g/mol. The Morgan fingerprint density at radius 2 is 1.64 bits per heavy atom. The van der Waals surface area contributed by atoms with Gasteiger partial charge in [-0.3, -0.25) is 0 Å². The van der Waals surface area contributed by atoms with Crippen LogP contribution in [0.3, 0.4) is 0 Å². The van der Waals surface area contributed by atoms with Gasteiger partial charge in [0.2, 0.25) is 0 Å². The Morgan fingerprint density at radius 3 is 2.58 bits per heavy atom. The molecule has 0 saturated heterocycles. The van der Waals surface area contributed by atoms with E-state index in [0.717, 1.165) is 62.2 Å². The Kier molecular flexibility index (Phi) is 7.58. The summed E-state index contributed by atoms with van der Waals surface area (Å²) in [6, 6.07) is 31.4.